The SMILES string of the molecule is Cc1cccc(C)c1OCC(=O)Nc1ccc2oc(=O)[nH]c2c1. The summed E-state index contributed by atoms with van der Waals surface area (Å²) in [6.07, 6.45) is 0. The second-order valence-electron chi connectivity index (χ2n) is 5.28. The number of ether oxygens (including phenoxy) is 1. The molecule has 0 aliphatic carbocycles. The summed E-state index contributed by atoms with van der Waals surface area (Å²) >= 11 is 0. The zero-order chi connectivity index (χ0) is 16.4. The van der Waals surface area contributed by atoms with Crippen LogP contribution in [0.3, 0.4) is 0 Å². The van der Waals surface area contributed by atoms with Gasteiger partial charge in [0.2, 0.25) is 0 Å². The number of aromatic nitrogens is 1. The fraction of sp³-hybridized carbons (Fsp3) is 0.176. The maximum atomic E-state index is 12.0. The molecule has 0 atom stereocenters. The van der Waals surface area contributed by atoms with Crippen molar-refractivity contribution < 1.29 is 13.9 Å². The third-order valence-electron chi connectivity index (χ3n) is 3.46. The van der Waals surface area contributed by atoms with Gasteiger partial charge in [-0.1, -0.05) is 18.2 Å². The molecule has 2 N–H and O–H groups in total. The van der Waals surface area contributed by atoms with E-state index < -0.39 is 5.76 Å². The molecular formula is C17H16N2O4. The summed E-state index contributed by atoms with van der Waals surface area (Å²) in [6.45, 7) is 3.78. The molecule has 0 unspecified atom stereocenters. The first kappa shape index (κ1) is 14.9. The Kier molecular flexibility index (Phi) is 3.89. The predicted octanol–water partition coefficient (Wildman–Crippen LogP) is 2.76. The Labute approximate surface area is 132 Å². The fourth-order valence-electron chi connectivity index (χ4n) is 2.39. The number of aryl methyl sites for hydroxylation is 2. The van der Waals surface area contributed by atoms with Crippen LogP contribution in [0, 0.1) is 13.8 Å². The van der Waals surface area contributed by atoms with Crippen LogP contribution in [0.25, 0.3) is 11.1 Å². The molecule has 0 saturated carbocycles. The average molecular weight is 312 g/mol. The molecule has 3 rings (SSSR count). The highest BCUT2D eigenvalue weighted by Crippen LogP contribution is 2.22. The van der Waals surface area contributed by atoms with Crippen molar-refractivity contribution in [3.63, 3.8) is 0 Å². The highest BCUT2D eigenvalue weighted by Gasteiger charge is 2.09. The number of oxazole rings is 1. The van der Waals surface area contributed by atoms with Crippen LogP contribution in [0.15, 0.2) is 45.6 Å². The van der Waals surface area contributed by atoms with E-state index in [1.165, 1.54) is 0 Å². The number of fused-ring (bicyclic) bond motifs is 1. The monoisotopic (exact) mass is 312 g/mol. The molecule has 0 radical (unpaired) electrons. The van der Waals surface area contributed by atoms with Gasteiger partial charge in [-0.2, -0.15) is 0 Å². The van der Waals surface area contributed by atoms with E-state index >= 15 is 0 Å². The molecular weight excluding hydrogens is 296 g/mol. The lowest BCUT2D eigenvalue weighted by Gasteiger charge is -2.12. The highest BCUT2D eigenvalue weighted by atomic mass is 16.5. The smallest absolute Gasteiger partial charge is 0.417 e. The van der Waals surface area contributed by atoms with Gasteiger partial charge in [-0.3, -0.25) is 9.78 Å². The molecule has 2 aromatic carbocycles. The summed E-state index contributed by atoms with van der Waals surface area (Å²) in [4.78, 5) is 25.7. The van der Waals surface area contributed by atoms with Crippen LogP contribution in [0.1, 0.15) is 11.1 Å². The second-order valence-corrected chi connectivity index (χ2v) is 5.28. The van der Waals surface area contributed by atoms with E-state index in [4.69, 9.17) is 9.15 Å². The lowest BCUT2D eigenvalue weighted by molar-refractivity contribution is -0.118. The van der Waals surface area contributed by atoms with Gasteiger partial charge in [-0.15, -0.1) is 0 Å². The van der Waals surface area contributed by atoms with Gasteiger partial charge >= 0.3 is 5.76 Å². The van der Waals surface area contributed by atoms with Crippen molar-refractivity contribution >= 4 is 22.7 Å². The maximum Gasteiger partial charge on any atom is 0.417 e. The molecule has 23 heavy (non-hydrogen) atoms. The average Bonchev–Trinajstić information content (AvgIpc) is 2.86. The van der Waals surface area contributed by atoms with Gasteiger partial charge in [0.25, 0.3) is 5.91 Å². The molecule has 0 aliphatic rings. The van der Waals surface area contributed by atoms with E-state index in [0.29, 0.717) is 16.8 Å². The Balaban J connectivity index is 1.67. The summed E-state index contributed by atoms with van der Waals surface area (Å²) in [5.41, 5.74) is 3.50. The molecule has 3 aromatic rings. The standard InChI is InChI=1S/C17H16N2O4/c1-10-4-3-5-11(2)16(10)22-9-15(20)18-12-6-7-14-13(8-12)19-17(21)23-14/h3-8H,9H2,1-2H3,(H,18,20)(H,19,21). The van der Waals surface area contributed by atoms with Gasteiger partial charge in [0.15, 0.2) is 12.2 Å². The molecule has 0 fully saturated rings. The van der Waals surface area contributed by atoms with Crippen LogP contribution in [0.4, 0.5) is 5.69 Å². The molecule has 1 heterocycles. The van der Waals surface area contributed by atoms with Crippen LogP contribution in [-0.2, 0) is 4.79 Å². The molecule has 6 heteroatoms. The first-order chi connectivity index (χ1) is 11.0. The van der Waals surface area contributed by atoms with Crippen molar-refractivity contribution in [3.8, 4) is 5.75 Å². The van der Waals surface area contributed by atoms with Crippen molar-refractivity contribution in [2.24, 2.45) is 0 Å². The van der Waals surface area contributed by atoms with Crippen molar-refractivity contribution in [1.82, 2.24) is 4.98 Å². The minimum atomic E-state index is -0.526. The van der Waals surface area contributed by atoms with E-state index in [9.17, 15) is 9.59 Å². The number of hydrogen-bond acceptors (Lipinski definition) is 4. The number of hydrogen-bond donors (Lipinski definition) is 2. The van der Waals surface area contributed by atoms with Gasteiger partial charge < -0.3 is 14.5 Å². The molecule has 0 saturated heterocycles. The van der Waals surface area contributed by atoms with Gasteiger partial charge in [0, 0.05) is 5.69 Å². The van der Waals surface area contributed by atoms with Crippen LogP contribution in [-0.4, -0.2) is 17.5 Å². The summed E-state index contributed by atoms with van der Waals surface area (Å²) in [5, 5.41) is 2.72. The Morgan fingerprint density at radius 3 is 2.70 bits per heavy atom. The maximum absolute atomic E-state index is 12.0. The van der Waals surface area contributed by atoms with Crippen molar-refractivity contribution in [2.75, 3.05) is 11.9 Å². The molecule has 0 bridgehead atoms. The Hall–Kier alpha value is -3.02. The number of carbonyl (C=O) groups excluding carboxylic acids is 1. The largest absolute Gasteiger partial charge is 0.483 e. The van der Waals surface area contributed by atoms with E-state index in [-0.39, 0.29) is 12.5 Å². The number of H-pyrrole nitrogens is 1. The number of benzene rings is 2. The number of aromatic amines is 1. The van der Waals surface area contributed by atoms with Crippen LogP contribution >= 0.6 is 0 Å². The number of nitrogens with one attached hydrogen (secondary N) is 2. The number of rotatable bonds is 4. The Morgan fingerprint density at radius 2 is 1.96 bits per heavy atom. The van der Waals surface area contributed by atoms with E-state index in [1.807, 2.05) is 32.0 Å². The Bertz CT molecular complexity index is 903. The van der Waals surface area contributed by atoms with Gasteiger partial charge in [0.05, 0.1) is 5.52 Å². The van der Waals surface area contributed by atoms with Crippen LogP contribution in [0.5, 0.6) is 5.75 Å². The van der Waals surface area contributed by atoms with E-state index in [0.717, 1.165) is 16.9 Å². The van der Waals surface area contributed by atoms with Gasteiger partial charge in [0.1, 0.15) is 5.75 Å². The lowest BCUT2D eigenvalue weighted by Crippen LogP contribution is -2.20. The molecule has 118 valence electrons. The zero-order valence-corrected chi connectivity index (χ0v) is 12.8. The summed E-state index contributed by atoms with van der Waals surface area (Å²) < 4.78 is 10.5. The summed E-state index contributed by atoms with van der Waals surface area (Å²) in [7, 11) is 0. The first-order valence-corrected chi connectivity index (χ1v) is 7.14. The van der Waals surface area contributed by atoms with E-state index in [2.05, 4.69) is 10.3 Å². The molecule has 0 aliphatic heterocycles. The highest BCUT2D eigenvalue weighted by molar-refractivity contribution is 5.93. The van der Waals surface area contributed by atoms with Crippen LogP contribution in [0.2, 0.25) is 0 Å². The molecule has 1 aromatic heterocycles. The minimum Gasteiger partial charge on any atom is -0.483 e. The first-order valence-electron chi connectivity index (χ1n) is 7.14. The van der Waals surface area contributed by atoms with Gasteiger partial charge in [-0.25, -0.2) is 4.79 Å². The summed E-state index contributed by atoms with van der Waals surface area (Å²) in [6, 6.07) is 10.7. The third kappa shape index (κ3) is 3.26. The zero-order valence-electron chi connectivity index (χ0n) is 12.8. The number of carbonyl (C=O) groups is 1. The fourth-order valence-corrected chi connectivity index (χ4v) is 2.39. The second kappa shape index (κ2) is 6.00. The van der Waals surface area contributed by atoms with Gasteiger partial charge in [-0.05, 0) is 43.2 Å². The van der Waals surface area contributed by atoms with Crippen molar-refractivity contribution in [1.29, 1.82) is 0 Å². The quantitative estimate of drug-likeness (QED) is 0.776. The normalized spacial score (nSPS) is 10.7. The topological polar surface area (TPSA) is 84.3 Å². The van der Waals surface area contributed by atoms with Crippen molar-refractivity contribution in [3.05, 3.63) is 58.1 Å². The molecule has 6 nitrogen and oxygen atoms in total. The molecule has 0 spiro atoms. The Morgan fingerprint density at radius 1 is 1.22 bits per heavy atom. The van der Waals surface area contributed by atoms with E-state index in [1.54, 1.807) is 18.2 Å². The molecule has 1 amide bonds. The number of anilines is 1. The summed E-state index contributed by atoms with van der Waals surface area (Å²) in [5.74, 6) is -0.0862. The number of para-hydroxylation sites is 1. The van der Waals surface area contributed by atoms with Crippen LogP contribution < -0.4 is 15.8 Å². The lowest BCUT2D eigenvalue weighted by atomic mass is 10.1. The minimum absolute atomic E-state index is 0.0916. The predicted molar refractivity (Wildman–Crippen MR) is 86.9 cm³/mol. The van der Waals surface area contributed by atoms with Crippen molar-refractivity contribution in [2.45, 2.75) is 13.8 Å². The third-order valence-corrected chi connectivity index (χ3v) is 3.46. The number of amides is 1.